The van der Waals surface area contributed by atoms with E-state index in [1.165, 1.54) is 23.3 Å². The summed E-state index contributed by atoms with van der Waals surface area (Å²) < 4.78 is 5.22. The molecule has 1 unspecified atom stereocenters. The molecule has 1 aromatic heterocycles. The number of hydrogen-bond donors (Lipinski definition) is 1. The smallest absolute Gasteiger partial charge is 0.294 e. The summed E-state index contributed by atoms with van der Waals surface area (Å²) in [6.07, 6.45) is 0. The summed E-state index contributed by atoms with van der Waals surface area (Å²) >= 11 is 7.57. The van der Waals surface area contributed by atoms with Crippen LogP contribution in [0.1, 0.15) is 37.5 Å². The maximum absolute atomic E-state index is 13.6. The highest BCUT2D eigenvalue weighted by Crippen LogP contribution is 2.44. The van der Waals surface area contributed by atoms with Crippen molar-refractivity contribution < 1.29 is 19.4 Å². The summed E-state index contributed by atoms with van der Waals surface area (Å²) in [6.45, 7) is 5.46. The van der Waals surface area contributed by atoms with Gasteiger partial charge in [-0.1, -0.05) is 35.9 Å². The lowest BCUT2D eigenvalue weighted by atomic mass is 9.92. The minimum atomic E-state index is -0.817. The number of ether oxygens (including phenoxy) is 1. The number of nitrogens with zero attached hydrogens (tertiary/aromatic N) is 2. The number of ketones is 1. The van der Waals surface area contributed by atoms with Crippen LogP contribution in [0, 0.1) is 20.8 Å². The first-order chi connectivity index (χ1) is 15.2. The predicted octanol–water partition coefficient (Wildman–Crippen LogP) is 5.51. The van der Waals surface area contributed by atoms with Gasteiger partial charge in [-0.15, -0.1) is 11.3 Å². The van der Waals surface area contributed by atoms with E-state index in [4.69, 9.17) is 16.3 Å². The zero-order valence-electron chi connectivity index (χ0n) is 18.0. The van der Waals surface area contributed by atoms with E-state index in [1.807, 2.05) is 38.1 Å². The van der Waals surface area contributed by atoms with Crippen molar-refractivity contribution in [2.75, 3.05) is 12.0 Å². The summed E-state index contributed by atoms with van der Waals surface area (Å²) in [5, 5.41) is 12.0. The maximum atomic E-state index is 13.6. The van der Waals surface area contributed by atoms with E-state index in [0.29, 0.717) is 27.0 Å². The van der Waals surface area contributed by atoms with E-state index in [9.17, 15) is 14.7 Å². The molecule has 1 aliphatic rings. The largest absolute Gasteiger partial charge is 0.503 e. The number of aliphatic hydroxyl groups excluding tert-OH is 1. The topological polar surface area (TPSA) is 79.7 Å². The quantitative estimate of drug-likeness (QED) is 0.499. The minimum absolute atomic E-state index is 0.0305. The van der Waals surface area contributed by atoms with Gasteiger partial charge in [0.05, 0.1) is 39.3 Å². The number of thiazole rings is 1. The molecule has 0 bridgehead atoms. The number of aryl methyl sites for hydroxylation is 3. The molecule has 6 nitrogen and oxygen atoms in total. The van der Waals surface area contributed by atoms with Gasteiger partial charge >= 0.3 is 0 Å². The standard InChI is InChI=1S/C24H21ClN2O4S/c1-12-7-5-6-8-16(12)20-19(21(28)23-13(2)26-14(3)32-23)22(29)24(30)27(20)15-9-10-18(31-4)17(25)11-15/h5-11,20,29H,1-4H3. The van der Waals surface area contributed by atoms with Crippen LogP contribution in [0.25, 0.3) is 0 Å². The lowest BCUT2D eigenvalue weighted by Crippen LogP contribution is -2.31. The molecule has 1 amide bonds. The number of carbonyl (C=O) groups is 2. The first kappa shape index (κ1) is 22.0. The van der Waals surface area contributed by atoms with Crippen LogP contribution in [0.4, 0.5) is 5.69 Å². The fraction of sp³-hybridized carbons (Fsp3) is 0.208. The zero-order chi connectivity index (χ0) is 23.2. The second-order valence-electron chi connectivity index (χ2n) is 7.49. The summed E-state index contributed by atoms with van der Waals surface area (Å²) in [6, 6.07) is 11.6. The number of rotatable bonds is 5. The number of aliphatic hydroxyl groups is 1. The Balaban J connectivity index is 1.92. The molecule has 2 aromatic carbocycles. The molecule has 4 rings (SSSR count). The normalized spacial score (nSPS) is 16.1. The van der Waals surface area contributed by atoms with Gasteiger partial charge in [0.15, 0.2) is 5.76 Å². The Hall–Kier alpha value is -3.16. The Morgan fingerprint density at radius 2 is 1.91 bits per heavy atom. The molecule has 2 heterocycles. The second kappa shape index (κ2) is 8.41. The molecule has 0 saturated heterocycles. The summed E-state index contributed by atoms with van der Waals surface area (Å²) in [4.78, 5) is 33.0. The second-order valence-corrected chi connectivity index (χ2v) is 9.10. The molecule has 0 spiro atoms. The van der Waals surface area contributed by atoms with Gasteiger partial charge in [-0.2, -0.15) is 0 Å². The van der Waals surface area contributed by atoms with Crippen molar-refractivity contribution in [3.05, 3.63) is 85.5 Å². The van der Waals surface area contributed by atoms with E-state index in [1.54, 1.807) is 25.1 Å². The lowest BCUT2D eigenvalue weighted by Gasteiger charge is -2.28. The highest BCUT2D eigenvalue weighted by molar-refractivity contribution is 7.14. The van der Waals surface area contributed by atoms with Gasteiger partial charge in [-0.25, -0.2) is 4.98 Å². The summed E-state index contributed by atoms with van der Waals surface area (Å²) in [5.41, 5.74) is 2.66. The van der Waals surface area contributed by atoms with Crippen LogP contribution in [0.15, 0.2) is 53.8 Å². The Kier molecular flexibility index (Phi) is 5.79. The summed E-state index contributed by atoms with van der Waals surface area (Å²) in [5.74, 6) is -1.18. The maximum Gasteiger partial charge on any atom is 0.294 e. The third-order valence-electron chi connectivity index (χ3n) is 5.46. The SMILES string of the molecule is COc1ccc(N2C(=O)C(O)=C(C(=O)c3sc(C)nc3C)C2c2ccccc2C)cc1Cl. The van der Waals surface area contributed by atoms with Crippen LogP contribution in [0.5, 0.6) is 5.75 Å². The molecule has 1 N–H and O–H groups in total. The van der Waals surface area contributed by atoms with Crippen LogP contribution in [-0.2, 0) is 4.79 Å². The van der Waals surface area contributed by atoms with E-state index in [0.717, 1.165) is 16.1 Å². The fourth-order valence-corrected chi connectivity index (χ4v) is 5.09. The van der Waals surface area contributed by atoms with Crippen LogP contribution in [0.2, 0.25) is 5.02 Å². The Morgan fingerprint density at radius 3 is 2.50 bits per heavy atom. The molecule has 164 valence electrons. The molecule has 1 atom stereocenters. The van der Waals surface area contributed by atoms with Crippen LogP contribution < -0.4 is 9.64 Å². The van der Waals surface area contributed by atoms with Crippen molar-refractivity contribution in [2.45, 2.75) is 26.8 Å². The monoisotopic (exact) mass is 468 g/mol. The number of methoxy groups -OCH3 is 1. The number of benzene rings is 2. The van der Waals surface area contributed by atoms with Crippen LogP contribution in [-0.4, -0.2) is 28.9 Å². The molecular weight excluding hydrogens is 448 g/mol. The molecule has 0 radical (unpaired) electrons. The number of Topliss-reactive ketones (excluding diaryl/α,β-unsaturated/α-hetero) is 1. The van der Waals surface area contributed by atoms with Crippen molar-refractivity contribution in [1.29, 1.82) is 0 Å². The number of aromatic nitrogens is 1. The number of amides is 1. The minimum Gasteiger partial charge on any atom is -0.503 e. The summed E-state index contributed by atoms with van der Waals surface area (Å²) in [7, 11) is 1.50. The van der Waals surface area contributed by atoms with Crippen molar-refractivity contribution in [3.8, 4) is 5.75 Å². The lowest BCUT2D eigenvalue weighted by molar-refractivity contribution is -0.117. The first-order valence-corrected chi connectivity index (χ1v) is 11.1. The average molecular weight is 469 g/mol. The van der Waals surface area contributed by atoms with Gasteiger partial charge in [0.1, 0.15) is 5.75 Å². The third-order valence-corrected chi connectivity index (χ3v) is 6.83. The molecule has 0 aliphatic carbocycles. The highest BCUT2D eigenvalue weighted by Gasteiger charge is 2.45. The van der Waals surface area contributed by atoms with E-state index in [-0.39, 0.29) is 5.57 Å². The van der Waals surface area contributed by atoms with Crippen molar-refractivity contribution in [1.82, 2.24) is 4.98 Å². The van der Waals surface area contributed by atoms with Gasteiger partial charge in [-0.3, -0.25) is 14.5 Å². The Bertz CT molecular complexity index is 1280. The molecule has 0 fully saturated rings. The number of carbonyl (C=O) groups excluding carboxylic acids is 2. The van der Waals surface area contributed by atoms with Crippen molar-refractivity contribution in [2.24, 2.45) is 0 Å². The molecule has 0 saturated carbocycles. The van der Waals surface area contributed by atoms with Crippen molar-refractivity contribution >= 4 is 40.3 Å². The van der Waals surface area contributed by atoms with E-state index >= 15 is 0 Å². The van der Waals surface area contributed by atoms with Gasteiger partial charge in [0.2, 0.25) is 5.78 Å². The fourth-order valence-electron chi connectivity index (χ4n) is 3.96. The van der Waals surface area contributed by atoms with Crippen LogP contribution >= 0.6 is 22.9 Å². The number of halogens is 1. The first-order valence-electron chi connectivity index (χ1n) is 9.89. The Labute approximate surface area is 194 Å². The van der Waals surface area contributed by atoms with Crippen molar-refractivity contribution in [3.63, 3.8) is 0 Å². The Morgan fingerprint density at radius 1 is 1.19 bits per heavy atom. The number of hydrogen-bond acceptors (Lipinski definition) is 6. The molecule has 3 aromatic rings. The number of anilines is 1. The predicted molar refractivity (Wildman–Crippen MR) is 125 cm³/mol. The van der Waals surface area contributed by atoms with Crippen LogP contribution in [0.3, 0.4) is 0 Å². The van der Waals surface area contributed by atoms with E-state index in [2.05, 4.69) is 4.98 Å². The third kappa shape index (κ3) is 3.57. The molecule has 8 heteroatoms. The average Bonchev–Trinajstić information content (AvgIpc) is 3.23. The van der Waals surface area contributed by atoms with Gasteiger partial charge < -0.3 is 9.84 Å². The van der Waals surface area contributed by atoms with E-state index < -0.39 is 23.5 Å². The zero-order valence-corrected chi connectivity index (χ0v) is 19.5. The van der Waals surface area contributed by atoms with Gasteiger partial charge in [0.25, 0.3) is 5.91 Å². The molecule has 1 aliphatic heterocycles. The van der Waals surface area contributed by atoms with Gasteiger partial charge in [-0.05, 0) is 50.1 Å². The van der Waals surface area contributed by atoms with Gasteiger partial charge in [0, 0.05) is 5.69 Å². The highest BCUT2D eigenvalue weighted by atomic mass is 35.5. The molecular formula is C24H21ClN2O4S. The molecule has 32 heavy (non-hydrogen) atoms.